The fourth-order valence-corrected chi connectivity index (χ4v) is 2.75. The summed E-state index contributed by atoms with van der Waals surface area (Å²) in [6, 6.07) is 2.06. The van der Waals surface area contributed by atoms with Gasteiger partial charge in [-0.3, -0.25) is 4.79 Å². The van der Waals surface area contributed by atoms with Crippen molar-refractivity contribution in [3.8, 4) is 0 Å². The van der Waals surface area contributed by atoms with E-state index in [4.69, 9.17) is 5.11 Å². The Bertz CT molecular complexity index is 304. The second-order valence-corrected chi connectivity index (χ2v) is 4.50. The normalized spacial score (nSPS) is 12.7. The SMILES string of the molecule is CCCC(CC(=O)O)c1sccc1C. The molecule has 78 valence electrons. The van der Waals surface area contributed by atoms with E-state index in [0.717, 1.165) is 12.8 Å². The summed E-state index contributed by atoms with van der Waals surface area (Å²) < 4.78 is 0. The van der Waals surface area contributed by atoms with Crippen LogP contribution in [0.3, 0.4) is 0 Å². The van der Waals surface area contributed by atoms with E-state index in [-0.39, 0.29) is 12.3 Å². The van der Waals surface area contributed by atoms with Gasteiger partial charge in [0.05, 0.1) is 6.42 Å². The lowest BCUT2D eigenvalue weighted by atomic mass is 9.96. The first-order valence-electron chi connectivity index (χ1n) is 4.91. The zero-order valence-corrected chi connectivity index (χ0v) is 9.43. The van der Waals surface area contributed by atoms with Crippen molar-refractivity contribution in [3.63, 3.8) is 0 Å². The summed E-state index contributed by atoms with van der Waals surface area (Å²) in [5.41, 5.74) is 1.23. The van der Waals surface area contributed by atoms with Crippen LogP contribution in [0, 0.1) is 6.92 Å². The van der Waals surface area contributed by atoms with Crippen LogP contribution in [0.2, 0.25) is 0 Å². The predicted octanol–water partition coefficient (Wildman–Crippen LogP) is 3.41. The molecule has 0 aromatic carbocycles. The lowest BCUT2D eigenvalue weighted by Gasteiger charge is -2.12. The van der Waals surface area contributed by atoms with Gasteiger partial charge in [0.2, 0.25) is 0 Å². The van der Waals surface area contributed by atoms with Gasteiger partial charge in [0, 0.05) is 10.8 Å². The van der Waals surface area contributed by atoms with E-state index in [9.17, 15) is 4.79 Å². The van der Waals surface area contributed by atoms with Crippen LogP contribution in [0.1, 0.15) is 42.5 Å². The lowest BCUT2D eigenvalue weighted by Crippen LogP contribution is -2.05. The minimum atomic E-state index is -0.698. The van der Waals surface area contributed by atoms with Crippen molar-refractivity contribution in [2.45, 2.75) is 39.0 Å². The molecule has 1 N–H and O–H groups in total. The van der Waals surface area contributed by atoms with E-state index >= 15 is 0 Å². The number of rotatable bonds is 5. The molecule has 0 amide bonds. The molecule has 0 saturated heterocycles. The highest BCUT2D eigenvalue weighted by Crippen LogP contribution is 2.31. The smallest absolute Gasteiger partial charge is 0.303 e. The van der Waals surface area contributed by atoms with Crippen molar-refractivity contribution in [3.05, 3.63) is 21.9 Å². The molecule has 0 bridgehead atoms. The van der Waals surface area contributed by atoms with Crippen molar-refractivity contribution in [2.24, 2.45) is 0 Å². The third-order valence-corrected chi connectivity index (χ3v) is 3.51. The summed E-state index contributed by atoms with van der Waals surface area (Å²) in [7, 11) is 0. The highest BCUT2D eigenvalue weighted by molar-refractivity contribution is 7.10. The van der Waals surface area contributed by atoms with Gasteiger partial charge >= 0.3 is 5.97 Å². The van der Waals surface area contributed by atoms with E-state index in [1.807, 2.05) is 5.38 Å². The van der Waals surface area contributed by atoms with E-state index < -0.39 is 5.97 Å². The standard InChI is InChI=1S/C11H16O2S/c1-3-4-9(7-10(12)13)11-8(2)5-6-14-11/h5-6,9H,3-4,7H2,1-2H3,(H,12,13). The molecule has 0 aliphatic carbocycles. The summed E-state index contributed by atoms with van der Waals surface area (Å²) in [6.45, 7) is 4.15. The molecule has 0 saturated carbocycles. The molecule has 1 aromatic heterocycles. The van der Waals surface area contributed by atoms with Gasteiger partial charge in [0.1, 0.15) is 0 Å². The maximum Gasteiger partial charge on any atom is 0.303 e. The molecular formula is C11H16O2S. The number of carboxylic acid groups (broad SMARTS) is 1. The van der Waals surface area contributed by atoms with Crippen molar-refractivity contribution in [1.29, 1.82) is 0 Å². The molecule has 1 unspecified atom stereocenters. The Hall–Kier alpha value is -0.830. The van der Waals surface area contributed by atoms with E-state index in [2.05, 4.69) is 19.9 Å². The maximum atomic E-state index is 10.7. The maximum absolute atomic E-state index is 10.7. The number of carboxylic acids is 1. The van der Waals surface area contributed by atoms with E-state index in [0.29, 0.717) is 0 Å². The number of hydrogen-bond donors (Lipinski definition) is 1. The molecule has 1 aromatic rings. The van der Waals surface area contributed by atoms with Crippen molar-refractivity contribution in [2.75, 3.05) is 0 Å². The molecule has 0 aliphatic heterocycles. The number of hydrogen-bond acceptors (Lipinski definition) is 2. The van der Waals surface area contributed by atoms with Crippen LogP contribution in [-0.2, 0) is 4.79 Å². The first kappa shape index (κ1) is 11.2. The second-order valence-electron chi connectivity index (χ2n) is 3.55. The molecular weight excluding hydrogens is 196 g/mol. The molecule has 1 heterocycles. The van der Waals surface area contributed by atoms with E-state index in [1.54, 1.807) is 11.3 Å². The van der Waals surface area contributed by atoms with Gasteiger partial charge in [-0.05, 0) is 30.4 Å². The third-order valence-electron chi connectivity index (χ3n) is 2.33. The largest absolute Gasteiger partial charge is 0.481 e. The summed E-state index contributed by atoms with van der Waals surface area (Å²) >= 11 is 1.68. The van der Waals surface area contributed by atoms with Crippen LogP contribution < -0.4 is 0 Å². The van der Waals surface area contributed by atoms with Gasteiger partial charge < -0.3 is 5.11 Å². The molecule has 2 nitrogen and oxygen atoms in total. The minimum Gasteiger partial charge on any atom is -0.481 e. The van der Waals surface area contributed by atoms with E-state index in [1.165, 1.54) is 10.4 Å². The van der Waals surface area contributed by atoms with Crippen LogP contribution in [0.4, 0.5) is 0 Å². The van der Waals surface area contributed by atoms with Gasteiger partial charge in [0.15, 0.2) is 0 Å². The third kappa shape index (κ3) is 2.84. The fraction of sp³-hybridized carbons (Fsp3) is 0.545. The van der Waals surface area contributed by atoms with Crippen molar-refractivity contribution in [1.82, 2.24) is 0 Å². The number of aliphatic carboxylic acids is 1. The highest BCUT2D eigenvalue weighted by Gasteiger charge is 2.17. The molecule has 0 radical (unpaired) electrons. The first-order chi connectivity index (χ1) is 6.65. The Kier molecular flexibility index (Phi) is 4.14. The zero-order chi connectivity index (χ0) is 10.6. The topological polar surface area (TPSA) is 37.3 Å². The van der Waals surface area contributed by atoms with Crippen molar-refractivity contribution >= 4 is 17.3 Å². The second kappa shape index (κ2) is 5.15. The number of thiophene rings is 1. The van der Waals surface area contributed by atoms with Crippen LogP contribution in [0.15, 0.2) is 11.4 Å². The van der Waals surface area contributed by atoms with Crippen molar-refractivity contribution < 1.29 is 9.90 Å². The fourth-order valence-electron chi connectivity index (χ4n) is 1.69. The van der Waals surface area contributed by atoms with Gasteiger partial charge in [-0.25, -0.2) is 0 Å². The van der Waals surface area contributed by atoms with Crippen LogP contribution in [-0.4, -0.2) is 11.1 Å². The number of carbonyl (C=O) groups is 1. The number of aryl methyl sites for hydroxylation is 1. The van der Waals surface area contributed by atoms with Gasteiger partial charge in [-0.1, -0.05) is 13.3 Å². The quantitative estimate of drug-likeness (QED) is 0.812. The summed E-state index contributed by atoms with van der Waals surface area (Å²) in [5, 5.41) is 10.8. The predicted molar refractivity (Wildman–Crippen MR) is 59.0 cm³/mol. The average Bonchev–Trinajstić information content (AvgIpc) is 2.50. The van der Waals surface area contributed by atoms with Crippen LogP contribution >= 0.6 is 11.3 Å². The minimum absolute atomic E-state index is 0.206. The Labute approximate surface area is 88.6 Å². The Balaban J connectivity index is 2.77. The Morgan fingerprint density at radius 1 is 1.64 bits per heavy atom. The molecule has 14 heavy (non-hydrogen) atoms. The van der Waals surface area contributed by atoms with Gasteiger partial charge in [-0.2, -0.15) is 0 Å². The molecule has 3 heteroatoms. The summed E-state index contributed by atoms with van der Waals surface area (Å²) in [6.07, 6.45) is 2.26. The summed E-state index contributed by atoms with van der Waals surface area (Å²) in [4.78, 5) is 11.9. The molecule has 1 atom stereocenters. The van der Waals surface area contributed by atoms with Gasteiger partial charge in [0.25, 0.3) is 0 Å². The van der Waals surface area contributed by atoms with Crippen LogP contribution in [0.25, 0.3) is 0 Å². The average molecular weight is 212 g/mol. The Morgan fingerprint density at radius 2 is 2.36 bits per heavy atom. The van der Waals surface area contributed by atoms with Gasteiger partial charge in [-0.15, -0.1) is 11.3 Å². The monoisotopic (exact) mass is 212 g/mol. The van der Waals surface area contributed by atoms with Crippen LogP contribution in [0.5, 0.6) is 0 Å². The molecule has 0 fully saturated rings. The Morgan fingerprint density at radius 3 is 2.79 bits per heavy atom. The molecule has 0 spiro atoms. The summed E-state index contributed by atoms with van der Waals surface area (Å²) in [5.74, 6) is -0.492. The molecule has 0 aliphatic rings. The lowest BCUT2D eigenvalue weighted by molar-refractivity contribution is -0.137. The first-order valence-corrected chi connectivity index (χ1v) is 5.79. The zero-order valence-electron chi connectivity index (χ0n) is 8.62. The molecule has 1 rings (SSSR count). The highest BCUT2D eigenvalue weighted by atomic mass is 32.1.